The maximum absolute atomic E-state index is 12.8. The lowest BCUT2D eigenvalue weighted by molar-refractivity contribution is -0.113. The van der Waals surface area contributed by atoms with E-state index in [1.807, 2.05) is 73.7 Å². The number of hydrogen-bond donors (Lipinski definition) is 0. The summed E-state index contributed by atoms with van der Waals surface area (Å²) in [5.74, 6) is 1.28. The van der Waals surface area contributed by atoms with Gasteiger partial charge in [0.1, 0.15) is 11.5 Å². The van der Waals surface area contributed by atoms with Crippen LogP contribution in [0.2, 0.25) is 0 Å². The van der Waals surface area contributed by atoms with Gasteiger partial charge in [0, 0.05) is 11.6 Å². The van der Waals surface area contributed by atoms with Gasteiger partial charge >= 0.3 is 0 Å². The van der Waals surface area contributed by atoms with Gasteiger partial charge in [-0.05, 0) is 36.8 Å². The van der Waals surface area contributed by atoms with Crippen molar-refractivity contribution in [2.75, 3.05) is 4.90 Å². The molecule has 1 aliphatic heterocycles. The molecule has 4 rings (SSSR count). The quantitative estimate of drug-likeness (QED) is 0.435. The Morgan fingerprint density at radius 2 is 1.85 bits per heavy atom. The topological polar surface area (TPSA) is 33.5 Å². The molecule has 1 saturated heterocycles. The van der Waals surface area contributed by atoms with Crippen LogP contribution in [-0.4, -0.2) is 10.2 Å². The predicted octanol–water partition coefficient (Wildman–Crippen LogP) is 5.66. The number of rotatable bonds is 3. The highest BCUT2D eigenvalue weighted by Crippen LogP contribution is 2.36. The largest absolute Gasteiger partial charge is 0.457 e. The molecule has 26 heavy (non-hydrogen) atoms. The average molecular weight is 377 g/mol. The zero-order chi connectivity index (χ0) is 18.1. The summed E-state index contributed by atoms with van der Waals surface area (Å²) in [6, 6.07) is 21.4. The van der Waals surface area contributed by atoms with Crippen molar-refractivity contribution in [3.63, 3.8) is 0 Å². The van der Waals surface area contributed by atoms with Gasteiger partial charge < -0.3 is 4.42 Å². The molecule has 2 aromatic carbocycles. The van der Waals surface area contributed by atoms with Gasteiger partial charge in [-0.1, -0.05) is 66.4 Å². The van der Waals surface area contributed by atoms with Gasteiger partial charge in [-0.3, -0.25) is 9.69 Å². The highest BCUT2D eigenvalue weighted by molar-refractivity contribution is 8.27. The van der Waals surface area contributed by atoms with Crippen LogP contribution < -0.4 is 4.90 Å². The van der Waals surface area contributed by atoms with E-state index in [1.54, 1.807) is 11.0 Å². The fourth-order valence-electron chi connectivity index (χ4n) is 2.77. The third-order valence-corrected chi connectivity index (χ3v) is 5.31. The van der Waals surface area contributed by atoms with E-state index in [1.165, 1.54) is 11.8 Å². The maximum atomic E-state index is 12.8. The first-order chi connectivity index (χ1) is 12.6. The Balaban J connectivity index is 1.62. The second-order valence-corrected chi connectivity index (χ2v) is 7.60. The number of carbonyl (C=O) groups excluding carboxylic acids is 1. The predicted molar refractivity (Wildman–Crippen MR) is 111 cm³/mol. The Kier molecular flexibility index (Phi) is 4.49. The molecular weight excluding hydrogens is 362 g/mol. The van der Waals surface area contributed by atoms with Crippen LogP contribution in [0.15, 0.2) is 76.1 Å². The van der Waals surface area contributed by atoms with E-state index >= 15 is 0 Å². The molecule has 1 aliphatic rings. The molecule has 0 N–H and O–H groups in total. The minimum Gasteiger partial charge on any atom is -0.457 e. The van der Waals surface area contributed by atoms with Crippen molar-refractivity contribution < 1.29 is 9.21 Å². The number of hydrogen-bond acceptors (Lipinski definition) is 4. The molecule has 1 fully saturated rings. The second kappa shape index (κ2) is 6.94. The van der Waals surface area contributed by atoms with E-state index < -0.39 is 0 Å². The summed E-state index contributed by atoms with van der Waals surface area (Å²) in [7, 11) is 0. The standard InChI is InChI=1S/C21H15NO2S2/c1-14-6-5-9-16(12-14)22-20(23)19(26-21(22)25)13-17-10-11-18(24-17)15-7-3-2-4-8-15/h2-13H,1H3/b19-13-. The number of benzene rings is 2. The van der Waals surface area contributed by atoms with Crippen molar-refractivity contribution in [3.8, 4) is 11.3 Å². The van der Waals surface area contributed by atoms with Crippen molar-refractivity contribution in [1.82, 2.24) is 0 Å². The van der Waals surface area contributed by atoms with E-state index in [0.717, 1.165) is 22.6 Å². The molecule has 0 bridgehead atoms. The number of carbonyl (C=O) groups is 1. The summed E-state index contributed by atoms with van der Waals surface area (Å²) < 4.78 is 6.40. The summed E-state index contributed by atoms with van der Waals surface area (Å²) in [5.41, 5.74) is 2.87. The molecule has 2 heterocycles. The second-order valence-electron chi connectivity index (χ2n) is 5.92. The number of thiocarbonyl (C=S) groups is 1. The summed E-state index contributed by atoms with van der Waals surface area (Å²) >= 11 is 6.71. The summed E-state index contributed by atoms with van der Waals surface area (Å²) in [5, 5.41) is 0. The van der Waals surface area contributed by atoms with Gasteiger partial charge in [0.2, 0.25) is 0 Å². The first-order valence-corrected chi connectivity index (χ1v) is 9.34. The molecule has 0 spiro atoms. The number of anilines is 1. The van der Waals surface area contributed by atoms with E-state index in [9.17, 15) is 4.79 Å². The monoisotopic (exact) mass is 377 g/mol. The first-order valence-electron chi connectivity index (χ1n) is 8.12. The molecule has 0 atom stereocenters. The molecule has 5 heteroatoms. The number of amides is 1. The van der Waals surface area contributed by atoms with Crippen molar-refractivity contribution in [2.24, 2.45) is 0 Å². The van der Waals surface area contributed by atoms with Crippen molar-refractivity contribution >= 4 is 46.0 Å². The summed E-state index contributed by atoms with van der Waals surface area (Å²) in [6.45, 7) is 1.99. The molecule has 3 nitrogen and oxygen atoms in total. The fraction of sp³-hybridized carbons (Fsp3) is 0.0476. The number of nitrogens with zero attached hydrogens (tertiary/aromatic N) is 1. The molecular formula is C21H15NO2S2. The average Bonchev–Trinajstić information content (AvgIpc) is 3.21. The maximum Gasteiger partial charge on any atom is 0.270 e. The molecule has 0 aliphatic carbocycles. The molecule has 0 saturated carbocycles. The normalized spacial score (nSPS) is 15.9. The lowest BCUT2D eigenvalue weighted by atomic mass is 10.2. The van der Waals surface area contributed by atoms with Gasteiger partial charge in [0.05, 0.1) is 10.6 Å². The van der Waals surface area contributed by atoms with E-state index in [0.29, 0.717) is 15.0 Å². The van der Waals surface area contributed by atoms with Crippen LogP contribution in [-0.2, 0) is 4.79 Å². The third-order valence-electron chi connectivity index (χ3n) is 4.01. The molecule has 0 radical (unpaired) electrons. The Bertz CT molecular complexity index is 1020. The molecule has 128 valence electrons. The number of aryl methyl sites for hydroxylation is 1. The summed E-state index contributed by atoms with van der Waals surface area (Å²) in [6.07, 6.45) is 1.75. The molecule has 0 unspecified atom stereocenters. The smallest absolute Gasteiger partial charge is 0.270 e. The van der Waals surface area contributed by atoms with Crippen LogP contribution in [0.4, 0.5) is 5.69 Å². The zero-order valence-corrected chi connectivity index (χ0v) is 15.6. The van der Waals surface area contributed by atoms with Crippen LogP contribution in [0, 0.1) is 6.92 Å². The van der Waals surface area contributed by atoms with Gasteiger partial charge in [-0.25, -0.2) is 0 Å². The molecule has 1 aromatic heterocycles. The Morgan fingerprint density at radius 3 is 2.62 bits per heavy atom. The van der Waals surface area contributed by atoms with E-state index in [2.05, 4.69) is 0 Å². The van der Waals surface area contributed by atoms with Crippen LogP contribution in [0.25, 0.3) is 17.4 Å². The Labute approximate surface area is 161 Å². The van der Waals surface area contributed by atoms with Crippen molar-refractivity contribution in [3.05, 3.63) is 83.0 Å². The van der Waals surface area contributed by atoms with Gasteiger partial charge in [0.25, 0.3) is 5.91 Å². The molecule has 3 aromatic rings. The van der Waals surface area contributed by atoms with Crippen LogP contribution >= 0.6 is 24.0 Å². The zero-order valence-electron chi connectivity index (χ0n) is 14.0. The molecule has 1 amide bonds. The SMILES string of the molecule is Cc1cccc(N2C(=O)/C(=C/c3ccc(-c4ccccc4)o3)SC2=S)c1. The first kappa shape index (κ1) is 16.8. The van der Waals surface area contributed by atoms with Crippen LogP contribution in [0.1, 0.15) is 11.3 Å². The lowest BCUT2D eigenvalue weighted by Gasteiger charge is -2.14. The highest BCUT2D eigenvalue weighted by Gasteiger charge is 2.33. The van der Waals surface area contributed by atoms with E-state index in [4.69, 9.17) is 16.6 Å². The summed E-state index contributed by atoms with van der Waals surface area (Å²) in [4.78, 5) is 14.9. The highest BCUT2D eigenvalue weighted by atomic mass is 32.2. The number of thioether (sulfide) groups is 1. The van der Waals surface area contributed by atoms with E-state index in [-0.39, 0.29) is 5.91 Å². The minimum absolute atomic E-state index is 0.122. The lowest BCUT2D eigenvalue weighted by Crippen LogP contribution is -2.27. The van der Waals surface area contributed by atoms with Crippen molar-refractivity contribution in [1.29, 1.82) is 0 Å². The Hall–Kier alpha value is -2.63. The van der Waals surface area contributed by atoms with Crippen LogP contribution in [0.3, 0.4) is 0 Å². The number of furan rings is 1. The van der Waals surface area contributed by atoms with Crippen LogP contribution in [0.5, 0.6) is 0 Å². The van der Waals surface area contributed by atoms with Gasteiger partial charge in [0.15, 0.2) is 4.32 Å². The fourth-order valence-corrected chi connectivity index (χ4v) is 4.05. The minimum atomic E-state index is -0.122. The van der Waals surface area contributed by atoms with Gasteiger partial charge in [-0.15, -0.1) is 0 Å². The van der Waals surface area contributed by atoms with Gasteiger partial charge in [-0.2, -0.15) is 0 Å². The third kappa shape index (κ3) is 3.23. The Morgan fingerprint density at radius 1 is 1.04 bits per heavy atom. The van der Waals surface area contributed by atoms with Crippen molar-refractivity contribution in [2.45, 2.75) is 6.92 Å².